The Morgan fingerprint density at radius 2 is 1.59 bits per heavy atom. The summed E-state index contributed by atoms with van der Waals surface area (Å²) in [5.41, 5.74) is 1.06. The smallest absolute Gasteiger partial charge is 0.315 e. The van der Waals surface area contributed by atoms with Gasteiger partial charge in [-0.1, -0.05) is 0 Å². The third-order valence-electron chi connectivity index (χ3n) is 9.14. The van der Waals surface area contributed by atoms with Crippen molar-refractivity contribution in [3.8, 4) is 5.75 Å². The van der Waals surface area contributed by atoms with Gasteiger partial charge in [-0.3, -0.25) is 0 Å². The zero-order chi connectivity index (χ0) is 23.3. The third kappa shape index (κ3) is 4.36. The largest absolute Gasteiger partial charge is 0.494 e. The molecule has 0 spiro atoms. The number of thiocarbonyl (C=S) groups is 1. The molecule has 2 saturated heterocycles. The van der Waals surface area contributed by atoms with Crippen molar-refractivity contribution >= 4 is 29.0 Å². The van der Waals surface area contributed by atoms with E-state index in [9.17, 15) is 4.79 Å². The number of carbonyl (C=O) groups excluding carboxylic acids is 1. The van der Waals surface area contributed by atoms with Crippen LogP contribution in [-0.2, 0) is 0 Å². The molecule has 6 aliphatic rings. The van der Waals surface area contributed by atoms with Crippen LogP contribution in [0, 0.1) is 17.8 Å². The van der Waals surface area contributed by atoms with Crippen molar-refractivity contribution in [3.63, 3.8) is 0 Å². The molecule has 7 rings (SSSR count). The van der Waals surface area contributed by atoms with Crippen LogP contribution in [0.4, 0.5) is 10.5 Å². The number of fused-ring (bicyclic) bond motifs is 2. The number of urea groups is 1. The molecular weight excluding hydrogens is 444 g/mol. The lowest BCUT2D eigenvalue weighted by molar-refractivity contribution is -0.0138. The highest BCUT2D eigenvalue weighted by molar-refractivity contribution is 7.80. The highest BCUT2D eigenvalue weighted by Gasteiger charge is 2.52. The first-order valence-electron chi connectivity index (χ1n) is 13.4. The molecule has 4 aliphatic carbocycles. The zero-order valence-electron chi connectivity index (χ0n) is 20.2. The first-order chi connectivity index (χ1) is 16.5. The Hall–Kier alpha value is -2.02. The van der Waals surface area contributed by atoms with E-state index in [4.69, 9.17) is 17.0 Å². The van der Waals surface area contributed by atoms with E-state index in [-0.39, 0.29) is 17.6 Å². The number of piperidine rings is 1. The molecule has 0 radical (unpaired) electrons. The standard InChI is InChI=1S/C27H38N4O2S/c1-2-33-24-7-3-20(4-8-24)29-26(34)31-22-5-6-23(31)13-21(12-22)28-25(32)30-27-14-17-9-18(15-27)11-19(10-17)16-27/h3-4,7-8,17-19,21-23H,2,5-6,9-16H2,1H3,(H,29,34)(H2,28,30,32)/t17?,18?,19?,21?,22-,23+,27?. The highest BCUT2D eigenvalue weighted by atomic mass is 32.1. The van der Waals surface area contributed by atoms with E-state index in [2.05, 4.69) is 20.9 Å². The molecule has 2 heterocycles. The van der Waals surface area contributed by atoms with Crippen molar-refractivity contribution in [1.29, 1.82) is 0 Å². The number of carbonyl (C=O) groups is 1. The van der Waals surface area contributed by atoms with Crippen LogP contribution in [0.1, 0.15) is 71.1 Å². The van der Waals surface area contributed by atoms with Gasteiger partial charge in [0.1, 0.15) is 5.75 Å². The molecule has 3 atom stereocenters. The van der Waals surface area contributed by atoms with Gasteiger partial charge < -0.3 is 25.6 Å². The van der Waals surface area contributed by atoms with E-state index < -0.39 is 0 Å². The first kappa shape index (κ1) is 22.4. The summed E-state index contributed by atoms with van der Waals surface area (Å²) in [5, 5.41) is 11.1. The van der Waals surface area contributed by atoms with Gasteiger partial charge in [0, 0.05) is 29.4 Å². The maximum absolute atomic E-state index is 13.1. The van der Waals surface area contributed by atoms with Crippen LogP contribution in [0.2, 0.25) is 0 Å². The summed E-state index contributed by atoms with van der Waals surface area (Å²) in [6.45, 7) is 2.65. The van der Waals surface area contributed by atoms with Gasteiger partial charge in [-0.2, -0.15) is 0 Å². The van der Waals surface area contributed by atoms with Crippen LogP contribution >= 0.6 is 12.2 Å². The summed E-state index contributed by atoms with van der Waals surface area (Å²) in [7, 11) is 0. The molecule has 184 valence electrons. The van der Waals surface area contributed by atoms with Crippen molar-refractivity contribution in [3.05, 3.63) is 24.3 Å². The molecule has 3 N–H and O–H groups in total. The highest BCUT2D eigenvalue weighted by Crippen LogP contribution is 2.55. The number of rotatable bonds is 5. The average Bonchev–Trinajstić information content (AvgIpc) is 3.04. The Labute approximate surface area is 208 Å². The van der Waals surface area contributed by atoms with Gasteiger partial charge >= 0.3 is 6.03 Å². The summed E-state index contributed by atoms with van der Waals surface area (Å²) in [4.78, 5) is 15.5. The number of ether oxygens (including phenoxy) is 1. The van der Waals surface area contributed by atoms with Crippen molar-refractivity contribution in [2.45, 2.75) is 94.8 Å². The topological polar surface area (TPSA) is 65.6 Å². The molecule has 4 saturated carbocycles. The fourth-order valence-electron chi connectivity index (χ4n) is 8.34. The molecule has 0 aromatic heterocycles. The fraction of sp³-hybridized carbons (Fsp3) is 0.704. The lowest BCUT2D eigenvalue weighted by Crippen LogP contribution is -2.63. The number of anilines is 1. The maximum atomic E-state index is 13.1. The fourth-order valence-corrected chi connectivity index (χ4v) is 8.76. The van der Waals surface area contributed by atoms with Crippen LogP contribution in [0.15, 0.2) is 24.3 Å². The predicted molar refractivity (Wildman–Crippen MR) is 138 cm³/mol. The minimum Gasteiger partial charge on any atom is -0.494 e. The number of hydrogen-bond donors (Lipinski definition) is 3. The summed E-state index contributed by atoms with van der Waals surface area (Å²) in [6.07, 6.45) is 12.0. The zero-order valence-corrected chi connectivity index (χ0v) is 21.0. The molecule has 1 unspecified atom stereocenters. The number of amides is 2. The Kier molecular flexibility index (Phi) is 5.87. The normalized spacial score (nSPS) is 37.4. The molecule has 2 aliphatic heterocycles. The second-order valence-electron chi connectivity index (χ2n) is 11.6. The van der Waals surface area contributed by atoms with Gasteiger partial charge in [0.2, 0.25) is 0 Å². The van der Waals surface area contributed by atoms with E-state index in [1.165, 1.54) is 38.5 Å². The van der Waals surface area contributed by atoms with Crippen LogP contribution in [0.25, 0.3) is 0 Å². The third-order valence-corrected chi connectivity index (χ3v) is 9.45. The number of nitrogens with zero attached hydrogens (tertiary/aromatic N) is 1. The molecule has 6 bridgehead atoms. The minimum absolute atomic E-state index is 0.0647. The van der Waals surface area contributed by atoms with Crippen molar-refractivity contribution in [2.75, 3.05) is 11.9 Å². The van der Waals surface area contributed by atoms with E-state index in [1.807, 2.05) is 31.2 Å². The van der Waals surface area contributed by atoms with Gasteiger partial charge in [0.05, 0.1) is 6.61 Å². The van der Waals surface area contributed by atoms with Gasteiger partial charge in [-0.05, 0) is 125 Å². The molecule has 6 nitrogen and oxygen atoms in total. The van der Waals surface area contributed by atoms with Crippen LogP contribution in [0.5, 0.6) is 5.75 Å². The number of benzene rings is 1. The van der Waals surface area contributed by atoms with Gasteiger partial charge in [-0.15, -0.1) is 0 Å². The van der Waals surface area contributed by atoms with Crippen molar-refractivity contribution in [1.82, 2.24) is 15.5 Å². The summed E-state index contributed by atoms with van der Waals surface area (Å²) in [6, 6.07) is 9.07. The van der Waals surface area contributed by atoms with Crippen molar-refractivity contribution in [2.24, 2.45) is 17.8 Å². The molecule has 7 heteroatoms. The Morgan fingerprint density at radius 1 is 1.00 bits per heavy atom. The lowest BCUT2D eigenvalue weighted by atomic mass is 9.53. The quantitative estimate of drug-likeness (QED) is 0.513. The Morgan fingerprint density at radius 3 is 2.15 bits per heavy atom. The maximum Gasteiger partial charge on any atom is 0.315 e. The van der Waals surface area contributed by atoms with E-state index in [1.54, 1.807) is 0 Å². The number of nitrogens with one attached hydrogen (secondary N) is 3. The summed E-state index contributed by atoms with van der Waals surface area (Å²) >= 11 is 5.82. The monoisotopic (exact) mass is 482 g/mol. The Balaban J connectivity index is 1.03. The van der Waals surface area contributed by atoms with Crippen LogP contribution in [0.3, 0.4) is 0 Å². The molecule has 34 heavy (non-hydrogen) atoms. The molecule has 1 aromatic carbocycles. The second kappa shape index (κ2) is 8.89. The molecule has 2 amide bonds. The van der Waals surface area contributed by atoms with Gasteiger partial charge in [-0.25, -0.2) is 4.79 Å². The molecule has 1 aromatic rings. The van der Waals surface area contributed by atoms with E-state index in [0.717, 1.165) is 60.0 Å². The predicted octanol–water partition coefficient (Wildman–Crippen LogP) is 5.05. The van der Waals surface area contributed by atoms with Crippen molar-refractivity contribution < 1.29 is 9.53 Å². The van der Waals surface area contributed by atoms with E-state index in [0.29, 0.717) is 18.7 Å². The molecule has 6 fully saturated rings. The minimum atomic E-state index is 0.0647. The van der Waals surface area contributed by atoms with E-state index >= 15 is 0 Å². The van der Waals surface area contributed by atoms with Gasteiger partial charge in [0.15, 0.2) is 5.11 Å². The molecular formula is C27H38N4O2S. The summed E-state index contributed by atoms with van der Waals surface area (Å²) < 4.78 is 5.54. The average molecular weight is 483 g/mol. The number of hydrogen-bond acceptors (Lipinski definition) is 3. The summed E-state index contributed by atoms with van der Waals surface area (Å²) in [5.74, 6) is 3.40. The second-order valence-corrected chi connectivity index (χ2v) is 12.0. The lowest BCUT2D eigenvalue weighted by Gasteiger charge is -2.56. The van der Waals surface area contributed by atoms with Crippen LogP contribution in [-0.4, -0.2) is 46.3 Å². The SMILES string of the molecule is CCOc1ccc(NC(=S)N2[C@@H]3CC[C@H]2CC(NC(=O)NC24CC5CC(CC(C5)C2)C4)C3)cc1. The Bertz CT molecular complexity index is 886. The first-order valence-corrected chi connectivity index (χ1v) is 13.8. The van der Waals surface area contributed by atoms with Gasteiger partial charge in [0.25, 0.3) is 0 Å². The van der Waals surface area contributed by atoms with Crippen LogP contribution < -0.4 is 20.7 Å².